The molecule has 4 N–H and O–H groups in total. The van der Waals surface area contributed by atoms with Crippen LogP contribution in [0.15, 0.2) is 11.3 Å². The van der Waals surface area contributed by atoms with Gasteiger partial charge in [0.1, 0.15) is 30.5 Å². The molecule has 48 heavy (non-hydrogen) atoms. The van der Waals surface area contributed by atoms with Crippen LogP contribution in [-0.4, -0.2) is 94.0 Å². The maximum absolute atomic E-state index is 14.9. The van der Waals surface area contributed by atoms with E-state index < -0.39 is 129 Å². The third-order valence-corrected chi connectivity index (χ3v) is 14.4. The fourth-order valence-electron chi connectivity index (χ4n) is 12.4. The summed E-state index contributed by atoms with van der Waals surface area (Å²) in [6.07, 6.45) is -6.09. The first-order valence-electron chi connectivity index (χ1n) is 16.7. The zero-order chi connectivity index (χ0) is 35.0. The van der Waals surface area contributed by atoms with E-state index in [0.717, 1.165) is 0 Å². The smallest absolute Gasteiger partial charge is 0.341 e. The van der Waals surface area contributed by atoms with Crippen LogP contribution in [0.4, 0.5) is 0 Å². The maximum atomic E-state index is 14.9. The first kappa shape index (κ1) is 32.2. The van der Waals surface area contributed by atoms with Gasteiger partial charge in [-0.05, 0) is 31.3 Å². The van der Waals surface area contributed by atoms with Crippen molar-refractivity contribution in [1.29, 1.82) is 0 Å². The van der Waals surface area contributed by atoms with Gasteiger partial charge in [-0.3, -0.25) is 19.2 Å². The van der Waals surface area contributed by atoms with Crippen LogP contribution in [0.5, 0.6) is 0 Å². The minimum atomic E-state index is -2.12. The van der Waals surface area contributed by atoms with Gasteiger partial charge in [-0.2, -0.15) is 0 Å². The van der Waals surface area contributed by atoms with Gasteiger partial charge in [0.15, 0.2) is 11.4 Å². The summed E-state index contributed by atoms with van der Waals surface area (Å²) >= 11 is 0. The van der Waals surface area contributed by atoms with Gasteiger partial charge in [0, 0.05) is 61.7 Å². The number of ketones is 1. The van der Waals surface area contributed by atoms with E-state index in [9.17, 15) is 34.2 Å². The highest BCUT2D eigenvalue weighted by molar-refractivity contribution is 5.99. The van der Waals surface area contributed by atoms with Crippen LogP contribution >= 0.6 is 0 Å². The lowest BCUT2D eigenvalue weighted by molar-refractivity contribution is -0.241. The lowest BCUT2D eigenvalue weighted by Crippen LogP contribution is -2.71. The van der Waals surface area contributed by atoms with Crippen LogP contribution in [0.2, 0.25) is 0 Å². The number of nitrogens with two attached hydrogens (primary N) is 1. The third kappa shape index (κ3) is 3.31. The molecule has 5 aliphatic carbocycles. The van der Waals surface area contributed by atoms with Crippen molar-refractivity contribution in [3.8, 4) is 0 Å². The highest BCUT2D eigenvalue weighted by Crippen LogP contribution is 2.80. The summed E-state index contributed by atoms with van der Waals surface area (Å²) in [6.45, 7) is 12.2. The molecule has 262 valence electrons. The Morgan fingerprint density at radius 2 is 1.50 bits per heavy atom. The number of carbonyl (C=O) groups excluding carboxylic acids is 5. The molecular weight excluding hydrogens is 630 g/mol. The van der Waals surface area contributed by atoms with Crippen LogP contribution in [0.1, 0.15) is 61.8 Å². The first-order chi connectivity index (χ1) is 22.2. The number of hydrogen-bond donors (Lipinski definition) is 3. The number of aliphatic hydroxyl groups excluding tert-OH is 1. The standard InChI is InChI=1S/C34H43NO13/c1-10-17-20(32(7)33(8,42)29(41)48-34(32)27(10)47-34)24(43-11(2)36)18-16-19(25(44-12(3)37)28(31(17,18)6)45-13(4)38)30(5)14(21(35)22(16)39)9-15-23(46-15)26(30)40/h10,15-20,23-28,40,42H,9,35H2,1-8H3/t10-,15-,16?,17-,18+,19?,20-,23-,24+,25-,26-,27+,28-,30-,31+,32-,33+,34-/m0/s1. The molecule has 3 heterocycles. The van der Waals surface area contributed by atoms with Crippen molar-refractivity contribution in [2.75, 3.05) is 0 Å². The molecule has 18 atom stereocenters. The number of esters is 4. The molecule has 0 radical (unpaired) electrons. The lowest BCUT2D eigenvalue weighted by Gasteiger charge is -2.62. The van der Waals surface area contributed by atoms with Crippen molar-refractivity contribution < 1.29 is 62.6 Å². The second-order valence-corrected chi connectivity index (χ2v) is 16.2. The molecule has 14 heteroatoms. The van der Waals surface area contributed by atoms with Gasteiger partial charge in [-0.1, -0.05) is 20.8 Å². The average molecular weight is 674 g/mol. The number of hydrogen-bond acceptors (Lipinski definition) is 14. The van der Waals surface area contributed by atoms with Crippen molar-refractivity contribution in [2.24, 2.45) is 57.5 Å². The number of rotatable bonds is 3. The molecule has 4 saturated carbocycles. The molecule has 0 amide bonds. The summed E-state index contributed by atoms with van der Waals surface area (Å²) in [6, 6.07) is 0. The Hall–Kier alpha value is -3.07. The molecule has 0 aromatic heterocycles. The van der Waals surface area contributed by atoms with E-state index in [0.29, 0.717) is 5.57 Å². The molecule has 8 aliphatic rings. The van der Waals surface area contributed by atoms with Crippen LogP contribution in [0, 0.1) is 51.8 Å². The van der Waals surface area contributed by atoms with E-state index in [4.69, 9.17) is 34.2 Å². The number of ether oxygens (including phenoxy) is 6. The SMILES string of the molecule is CC(=O)O[C@H]1[C@@H]2[C@H]([C@H](C)[C@H]3O[C@]34OC(=O)[C@@](C)(O)[C@]24C)[C@]2(C)[C@@H]1C1C(=O)C(N)=C3C[C@@H]4O[C@@H]4[C@H](O)[C@]3(C)C1[C@H](OC(C)=O)[C@@H]2OC(C)=O. The fraction of sp³-hybridized carbons (Fsp3) is 0.794. The van der Waals surface area contributed by atoms with Crippen molar-refractivity contribution in [2.45, 2.75) is 116 Å². The van der Waals surface area contributed by atoms with E-state index in [1.165, 1.54) is 27.7 Å². The Morgan fingerprint density at radius 3 is 2.10 bits per heavy atom. The van der Waals surface area contributed by atoms with Gasteiger partial charge in [0.2, 0.25) is 5.79 Å². The Morgan fingerprint density at radius 1 is 0.896 bits per heavy atom. The van der Waals surface area contributed by atoms with Gasteiger partial charge >= 0.3 is 23.9 Å². The number of aliphatic hydroxyl groups is 2. The summed E-state index contributed by atoms with van der Waals surface area (Å²) in [4.78, 5) is 67.3. The van der Waals surface area contributed by atoms with E-state index in [2.05, 4.69) is 0 Å². The molecule has 1 spiro atoms. The van der Waals surface area contributed by atoms with Gasteiger partial charge in [0.25, 0.3) is 0 Å². The van der Waals surface area contributed by atoms with E-state index in [1.54, 1.807) is 13.8 Å². The molecular formula is C34H43NO13. The highest BCUT2D eigenvalue weighted by atomic mass is 16.8. The molecule has 8 rings (SSSR count). The van der Waals surface area contributed by atoms with Gasteiger partial charge in [0.05, 0.1) is 23.3 Å². The lowest BCUT2D eigenvalue weighted by atomic mass is 9.43. The van der Waals surface area contributed by atoms with Crippen molar-refractivity contribution in [3.05, 3.63) is 11.3 Å². The Labute approximate surface area is 276 Å². The van der Waals surface area contributed by atoms with Crippen LogP contribution in [-0.2, 0) is 52.4 Å². The minimum Gasteiger partial charge on any atom is -0.462 e. The Balaban J connectivity index is 1.43. The predicted octanol–water partition coefficient (Wildman–Crippen LogP) is 0.289. The van der Waals surface area contributed by atoms with Crippen LogP contribution in [0.3, 0.4) is 0 Å². The number of allylic oxidation sites excluding steroid dienone is 1. The number of fused-ring (bicyclic) bond motifs is 9. The maximum Gasteiger partial charge on any atom is 0.341 e. The molecule has 0 bridgehead atoms. The summed E-state index contributed by atoms with van der Waals surface area (Å²) in [5.74, 6) is -10.0. The monoisotopic (exact) mass is 673 g/mol. The van der Waals surface area contributed by atoms with E-state index >= 15 is 0 Å². The Kier molecular flexibility index (Phi) is 6.15. The summed E-state index contributed by atoms with van der Waals surface area (Å²) in [5.41, 5.74) is 0.940. The minimum absolute atomic E-state index is 0.0358. The summed E-state index contributed by atoms with van der Waals surface area (Å²) in [7, 11) is 0. The second kappa shape index (κ2) is 9.18. The molecule has 2 unspecified atom stereocenters. The van der Waals surface area contributed by atoms with E-state index in [-0.39, 0.29) is 18.2 Å². The zero-order valence-corrected chi connectivity index (χ0v) is 28.2. The van der Waals surface area contributed by atoms with Gasteiger partial charge in [-0.25, -0.2) is 4.79 Å². The summed E-state index contributed by atoms with van der Waals surface area (Å²) < 4.78 is 36.4. The van der Waals surface area contributed by atoms with Crippen molar-refractivity contribution in [3.63, 3.8) is 0 Å². The molecule has 3 aliphatic heterocycles. The zero-order valence-electron chi connectivity index (χ0n) is 28.2. The molecule has 0 aromatic rings. The number of epoxide rings is 2. The van der Waals surface area contributed by atoms with E-state index in [1.807, 2.05) is 13.8 Å². The van der Waals surface area contributed by atoms with Gasteiger partial charge in [-0.15, -0.1) is 0 Å². The third-order valence-electron chi connectivity index (χ3n) is 14.4. The van der Waals surface area contributed by atoms with Crippen molar-refractivity contribution in [1.82, 2.24) is 0 Å². The molecule has 7 fully saturated rings. The highest BCUT2D eigenvalue weighted by Gasteiger charge is 2.93. The second-order valence-electron chi connectivity index (χ2n) is 16.2. The van der Waals surface area contributed by atoms with Crippen LogP contribution < -0.4 is 5.73 Å². The van der Waals surface area contributed by atoms with Crippen LogP contribution in [0.25, 0.3) is 0 Å². The quantitative estimate of drug-likeness (QED) is 0.209. The molecule has 3 saturated heterocycles. The largest absolute Gasteiger partial charge is 0.462 e. The summed E-state index contributed by atoms with van der Waals surface area (Å²) in [5, 5.41) is 23.9. The van der Waals surface area contributed by atoms with Gasteiger partial charge < -0.3 is 44.4 Å². The number of Topliss-reactive ketones (excluding diaryl/α,β-unsaturated/α-hetero) is 1. The first-order valence-corrected chi connectivity index (χ1v) is 16.7. The molecule has 14 nitrogen and oxygen atoms in total. The normalized spacial score (nSPS) is 56.6. The fourth-order valence-corrected chi connectivity index (χ4v) is 12.4. The van der Waals surface area contributed by atoms with Crippen molar-refractivity contribution >= 4 is 29.7 Å². The average Bonchev–Trinajstić information content (AvgIpc) is 3.88. The topological polar surface area (TPSA) is 214 Å². The Bertz CT molecular complexity index is 1620. The molecule has 0 aromatic carbocycles. The number of carbonyl (C=O) groups is 5. The predicted molar refractivity (Wildman–Crippen MR) is 157 cm³/mol.